The summed E-state index contributed by atoms with van der Waals surface area (Å²) in [6.07, 6.45) is 0. The zero-order chi connectivity index (χ0) is 9.97. The maximum atomic E-state index is 11.1. The van der Waals surface area contributed by atoms with Gasteiger partial charge in [-0.1, -0.05) is 47.7 Å². The lowest BCUT2D eigenvalue weighted by atomic mass is 10.4. The third kappa shape index (κ3) is 2.09. The van der Waals surface area contributed by atoms with Gasteiger partial charge in [-0.2, -0.15) is 0 Å². The minimum Gasteiger partial charge on any atom is -0.566 e. The second-order valence-electron chi connectivity index (χ2n) is 2.46. The second-order valence-corrected chi connectivity index (χ2v) is 5.34. The molecule has 0 aliphatic rings. The monoisotopic (exact) mass is 242 g/mol. The van der Waals surface area contributed by atoms with Crippen LogP contribution in [0.25, 0.3) is 0 Å². The summed E-state index contributed by atoms with van der Waals surface area (Å²) in [6, 6.07) is 9.72. The Morgan fingerprint density at radius 1 is 1.29 bits per heavy atom. The molecule has 0 saturated heterocycles. The standard InChI is InChI=1S/C8H6N2OS3/c11-14-8(12)7(9-10-14)13-6-4-2-1-3-5-6/h1-5,12H. The molecule has 0 fully saturated rings. The molecule has 0 spiro atoms. The highest BCUT2D eigenvalue weighted by molar-refractivity contribution is 8.00. The van der Waals surface area contributed by atoms with E-state index in [4.69, 9.17) is 0 Å². The van der Waals surface area contributed by atoms with Crippen molar-refractivity contribution in [3.05, 3.63) is 30.3 Å². The molecule has 14 heavy (non-hydrogen) atoms. The average molecular weight is 242 g/mol. The summed E-state index contributed by atoms with van der Waals surface area (Å²) in [7, 11) is -1.39. The van der Waals surface area contributed by atoms with Crippen molar-refractivity contribution in [2.24, 2.45) is 0 Å². The van der Waals surface area contributed by atoms with Crippen LogP contribution in [0.2, 0.25) is 0 Å². The third-order valence-corrected chi connectivity index (χ3v) is 4.21. The molecule has 0 aliphatic carbocycles. The largest absolute Gasteiger partial charge is 0.566 e. The summed E-state index contributed by atoms with van der Waals surface area (Å²) in [5, 5.41) is 4.39. The van der Waals surface area contributed by atoms with E-state index >= 15 is 0 Å². The number of hydrogen-bond acceptors (Lipinski definition) is 5. The quantitative estimate of drug-likeness (QED) is 0.649. The summed E-state index contributed by atoms with van der Waals surface area (Å²) in [5.74, 6) is 0. The van der Waals surface area contributed by atoms with Crippen LogP contribution in [0, 0.1) is 0 Å². The van der Waals surface area contributed by atoms with Crippen LogP contribution in [0.3, 0.4) is 0 Å². The molecule has 6 heteroatoms. The lowest BCUT2D eigenvalue weighted by Gasteiger charge is -1.94. The van der Waals surface area contributed by atoms with Gasteiger partial charge >= 0.3 is 0 Å². The fourth-order valence-electron chi connectivity index (χ4n) is 0.895. The first-order chi connectivity index (χ1) is 6.77. The van der Waals surface area contributed by atoms with Crippen LogP contribution in [-0.2, 0) is 0 Å². The average Bonchev–Trinajstić information content (AvgIpc) is 2.52. The molecule has 2 rings (SSSR count). The Hall–Kier alpha value is -0.560. The van der Waals surface area contributed by atoms with E-state index in [1.165, 1.54) is 11.8 Å². The Balaban J connectivity index is 2.23. The number of benzene rings is 1. The number of rotatable bonds is 2. The maximum Gasteiger partial charge on any atom is 0.263 e. The van der Waals surface area contributed by atoms with Gasteiger partial charge in [0.15, 0.2) is 5.03 Å². The number of thiol groups is 1. The van der Waals surface area contributed by atoms with Crippen LogP contribution in [0.1, 0.15) is 0 Å². The fraction of sp³-hybridized carbons (Fsp3) is 0. The zero-order valence-corrected chi connectivity index (χ0v) is 9.48. The smallest absolute Gasteiger partial charge is 0.263 e. The van der Waals surface area contributed by atoms with E-state index in [1.54, 1.807) is 0 Å². The molecule has 1 aromatic carbocycles. The van der Waals surface area contributed by atoms with E-state index in [-0.39, 0.29) is 0 Å². The van der Waals surface area contributed by atoms with Gasteiger partial charge in [-0.25, -0.2) is 0 Å². The molecule has 0 bridgehead atoms. The highest BCUT2D eigenvalue weighted by atomic mass is 32.2. The summed E-state index contributed by atoms with van der Waals surface area (Å²) in [6.45, 7) is 0. The van der Waals surface area contributed by atoms with Crippen molar-refractivity contribution in [2.75, 3.05) is 0 Å². The zero-order valence-electron chi connectivity index (χ0n) is 6.95. The maximum absolute atomic E-state index is 11.1. The van der Waals surface area contributed by atoms with Crippen molar-refractivity contribution in [1.29, 1.82) is 0 Å². The van der Waals surface area contributed by atoms with Crippen LogP contribution < -0.4 is 0 Å². The lowest BCUT2D eigenvalue weighted by Crippen LogP contribution is -1.73. The summed E-state index contributed by atoms with van der Waals surface area (Å²) in [5.41, 5.74) is 0. The van der Waals surface area contributed by atoms with Gasteiger partial charge in [0.05, 0.1) is 4.49 Å². The van der Waals surface area contributed by atoms with Crippen LogP contribution in [0.15, 0.2) is 44.5 Å². The van der Waals surface area contributed by atoms with E-state index in [9.17, 15) is 4.55 Å². The topological polar surface area (TPSA) is 48.8 Å². The fourth-order valence-corrected chi connectivity index (χ4v) is 2.69. The Morgan fingerprint density at radius 2 is 2.00 bits per heavy atom. The minimum absolute atomic E-state index is 0.429. The van der Waals surface area contributed by atoms with Crippen molar-refractivity contribution in [3.63, 3.8) is 0 Å². The van der Waals surface area contributed by atoms with E-state index in [0.29, 0.717) is 9.24 Å². The Bertz CT molecular complexity index is 429. The van der Waals surface area contributed by atoms with Crippen molar-refractivity contribution < 1.29 is 4.55 Å². The van der Waals surface area contributed by atoms with Gasteiger partial charge in [0.1, 0.15) is 10.9 Å². The first-order valence-electron chi connectivity index (χ1n) is 3.77. The molecule has 1 aromatic heterocycles. The summed E-state index contributed by atoms with van der Waals surface area (Å²) >= 11 is 5.50. The van der Waals surface area contributed by atoms with E-state index < -0.39 is 10.9 Å². The van der Waals surface area contributed by atoms with Crippen LogP contribution in [0.5, 0.6) is 0 Å². The van der Waals surface area contributed by atoms with Gasteiger partial charge in [-0.15, -0.1) is 0 Å². The molecule has 1 atom stereocenters. The third-order valence-electron chi connectivity index (χ3n) is 1.51. The van der Waals surface area contributed by atoms with Gasteiger partial charge in [0.2, 0.25) is 0 Å². The van der Waals surface area contributed by atoms with Crippen molar-refractivity contribution in [3.8, 4) is 0 Å². The van der Waals surface area contributed by atoms with Gasteiger partial charge in [0, 0.05) is 4.90 Å². The molecule has 2 aromatic rings. The number of aromatic nitrogens is 2. The highest BCUT2D eigenvalue weighted by Gasteiger charge is 2.15. The predicted molar refractivity (Wildman–Crippen MR) is 58.5 cm³/mol. The van der Waals surface area contributed by atoms with E-state index in [1.807, 2.05) is 30.3 Å². The molecule has 0 saturated carbocycles. The van der Waals surface area contributed by atoms with Gasteiger partial charge < -0.3 is 4.55 Å². The number of nitrogens with zero attached hydrogens (tertiary/aromatic N) is 2. The first kappa shape index (κ1) is 9.97. The molecule has 72 valence electrons. The minimum atomic E-state index is -1.39. The molecule has 1 heterocycles. The molecule has 0 radical (unpaired) electrons. The molecule has 0 N–H and O–H groups in total. The molecule has 0 aliphatic heterocycles. The lowest BCUT2D eigenvalue weighted by molar-refractivity contribution is 0.586. The van der Waals surface area contributed by atoms with Crippen LogP contribution in [0.4, 0.5) is 0 Å². The van der Waals surface area contributed by atoms with Gasteiger partial charge in [-0.3, -0.25) is 0 Å². The molecular weight excluding hydrogens is 236 g/mol. The molecule has 1 unspecified atom stereocenters. The predicted octanol–water partition coefficient (Wildman–Crippen LogP) is 2.64. The van der Waals surface area contributed by atoms with Crippen LogP contribution >= 0.6 is 35.3 Å². The van der Waals surface area contributed by atoms with E-state index in [0.717, 1.165) is 4.90 Å². The van der Waals surface area contributed by atoms with Gasteiger partial charge in [0.25, 0.3) is 4.21 Å². The first-order valence-corrected chi connectivity index (χ1v) is 6.14. The van der Waals surface area contributed by atoms with Crippen LogP contribution in [-0.4, -0.2) is 14.1 Å². The molecule has 3 nitrogen and oxygen atoms in total. The normalized spacial score (nSPS) is 11.7. The summed E-state index contributed by atoms with van der Waals surface area (Å²) in [4.78, 5) is 1.03. The number of hydrogen-bond donors (Lipinski definition) is 1. The Labute approximate surface area is 93.9 Å². The molecular formula is C8H6N2OS3. The van der Waals surface area contributed by atoms with Crippen molar-refractivity contribution in [1.82, 2.24) is 9.59 Å². The summed E-state index contributed by atoms with van der Waals surface area (Å²) < 4.78 is 15.0. The molecule has 0 amide bonds. The second kappa shape index (κ2) is 4.31. The highest BCUT2D eigenvalue weighted by Crippen LogP contribution is 2.35. The van der Waals surface area contributed by atoms with Crippen molar-refractivity contribution in [2.45, 2.75) is 14.1 Å². The van der Waals surface area contributed by atoms with E-state index in [2.05, 4.69) is 22.2 Å². The van der Waals surface area contributed by atoms with Gasteiger partial charge in [-0.05, 0) is 12.1 Å². The van der Waals surface area contributed by atoms with Crippen molar-refractivity contribution >= 4 is 35.3 Å². The SMILES string of the molecule is [O-][s+]1nnc(Sc2ccccc2)c1S. The Kier molecular flexibility index (Phi) is 3.07. The Morgan fingerprint density at radius 3 is 2.57 bits per heavy atom.